The second-order valence-corrected chi connectivity index (χ2v) is 5.83. The second-order valence-electron chi connectivity index (χ2n) is 4.10. The molecule has 3 N–H and O–H groups in total. The fraction of sp³-hybridized carbons (Fsp3) is 0.273. The van der Waals surface area contributed by atoms with E-state index in [1.54, 1.807) is 0 Å². The number of sulfonamides is 1. The van der Waals surface area contributed by atoms with Gasteiger partial charge in [-0.3, -0.25) is 0 Å². The van der Waals surface area contributed by atoms with Crippen LogP contribution in [0.4, 0.5) is 8.78 Å². The number of hydrogen-bond donors (Lipinski definition) is 2. The molecule has 0 aliphatic carbocycles. The summed E-state index contributed by atoms with van der Waals surface area (Å²) in [5.74, 6) is -1.75. The molecule has 2 rings (SSSR count). The first kappa shape index (κ1) is 15.5. The predicted molar refractivity (Wildman–Crippen MR) is 67.3 cm³/mol. The zero-order valence-corrected chi connectivity index (χ0v) is 11.7. The smallest absolute Gasteiger partial charge is 0.243 e. The number of nitrogens with one attached hydrogen (secondary N) is 1. The highest BCUT2D eigenvalue weighted by atomic mass is 32.2. The van der Waals surface area contributed by atoms with Crippen molar-refractivity contribution in [3.8, 4) is 0 Å². The average Bonchev–Trinajstić information content (AvgIpc) is 2.83. The Kier molecular flexibility index (Phi) is 4.30. The highest BCUT2D eigenvalue weighted by molar-refractivity contribution is 7.89. The molecule has 1 aromatic carbocycles. The summed E-state index contributed by atoms with van der Waals surface area (Å²) in [6.45, 7) is 0.803. The van der Waals surface area contributed by atoms with E-state index in [-0.39, 0.29) is 18.3 Å². The van der Waals surface area contributed by atoms with Crippen LogP contribution >= 0.6 is 0 Å². The number of hydrogen-bond acceptors (Lipinski definition) is 6. The third-order valence-corrected chi connectivity index (χ3v) is 4.05. The van der Waals surface area contributed by atoms with Gasteiger partial charge in [0.05, 0.1) is 6.54 Å². The molecule has 7 nitrogen and oxygen atoms in total. The SMILES string of the molecule is Cc1nc(CNS(=O)(=O)c2ccc(F)c(CN)c2F)no1. The van der Waals surface area contributed by atoms with Crippen LogP contribution in [0.5, 0.6) is 0 Å². The van der Waals surface area contributed by atoms with Gasteiger partial charge in [-0.05, 0) is 12.1 Å². The lowest BCUT2D eigenvalue weighted by Gasteiger charge is -2.09. The number of nitrogens with two attached hydrogens (primary N) is 1. The number of nitrogens with zero attached hydrogens (tertiary/aromatic N) is 2. The van der Waals surface area contributed by atoms with Gasteiger partial charge in [0.15, 0.2) is 11.6 Å². The van der Waals surface area contributed by atoms with E-state index in [4.69, 9.17) is 5.73 Å². The van der Waals surface area contributed by atoms with E-state index in [1.807, 2.05) is 0 Å². The largest absolute Gasteiger partial charge is 0.340 e. The molecule has 0 spiro atoms. The highest BCUT2D eigenvalue weighted by Gasteiger charge is 2.23. The summed E-state index contributed by atoms with van der Waals surface area (Å²) < 4.78 is 58.1. The Bertz CT molecular complexity index is 761. The Balaban J connectivity index is 2.27. The summed E-state index contributed by atoms with van der Waals surface area (Å²) in [6, 6.07) is 1.67. The summed E-state index contributed by atoms with van der Waals surface area (Å²) in [4.78, 5) is 3.11. The number of rotatable bonds is 5. The molecule has 10 heteroatoms. The van der Waals surface area contributed by atoms with Crippen LogP contribution in [0.3, 0.4) is 0 Å². The van der Waals surface area contributed by atoms with Gasteiger partial charge in [-0.25, -0.2) is 21.9 Å². The number of aromatic nitrogens is 2. The van der Waals surface area contributed by atoms with Crippen LogP contribution < -0.4 is 10.5 Å². The third-order valence-electron chi connectivity index (χ3n) is 2.63. The maximum atomic E-state index is 14.0. The molecule has 0 bridgehead atoms. The zero-order valence-electron chi connectivity index (χ0n) is 10.9. The van der Waals surface area contributed by atoms with Crippen LogP contribution in [-0.4, -0.2) is 18.6 Å². The third kappa shape index (κ3) is 3.23. The van der Waals surface area contributed by atoms with E-state index in [0.717, 1.165) is 12.1 Å². The second kappa shape index (κ2) is 5.84. The van der Waals surface area contributed by atoms with Gasteiger partial charge in [0.25, 0.3) is 0 Å². The van der Waals surface area contributed by atoms with Gasteiger partial charge in [-0.1, -0.05) is 5.16 Å². The topological polar surface area (TPSA) is 111 Å². The van der Waals surface area contributed by atoms with Gasteiger partial charge >= 0.3 is 0 Å². The highest BCUT2D eigenvalue weighted by Crippen LogP contribution is 2.20. The molecule has 21 heavy (non-hydrogen) atoms. The van der Waals surface area contributed by atoms with Gasteiger partial charge in [0, 0.05) is 19.0 Å². The van der Waals surface area contributed by atoms with Crippen LogP contribution in [0.25, 0.3) is 0 Å². The van der Waals surface area contributed by atoms with Crippen LogP contribution in [0, 0.1) is 18.6 Å². The molecule has 0 saturated carbocycles. The Labute approximate surface area is 119 Å². The predicted octanol–water partition coefficient (Wildman–Crippen LogP) is 0.593. The zero-order chi connectivity index (χ0) is 15.6. The van der Waals surface area contributed by atoms with Gasteiger partial charge in [-0.15, -0.1) is 0 Å². The molecular weight excluding hydrogens is 306 g/mol. The molecule has 0 saturated heterocycles. The van der Waals surface area contributed by atoms with E-state index < -0.39 is 38.7 Å². The first-order valence-electron chi connectivity index (χ1n) is 5.81. The molecule has 0 aliphatic rings. The average molecular weight is 318 g/mol. The quantitative estimate of drug-likeness (QED) is 0.835. The molecule has 0 unspecified atom stereocenters. The molecule has 114 valence electrons. The van der Waals surface area contributed by atoms with Crippen LogP contribution in [0.15, 0.2) is 21.6 Å². The summed E-state index contributed by atoms with van der Waals surface area (Å²) in [5.41, 5.74) is 4.71. The summed E-state index contributed by atoms with van der Waals surface area (Å²) in [5, 5.41) is 3.50. The van der Waals surface area contributed by atoms with Crippen LogP contribution in [0.1, 0.15) is 17.3 Å². The Morgan fingerprint density at radius 2 is 2.10 bits per heavy atom. The molecule has 1 aromatic heterocycles. The van der Waals surface area contributed by atoms with Gasteiger partial charge in [0.1, 0.15) is 10.7 Å². The molecule has 0 fully saturated rings. The fourth-order valence-corrected chi connectivity index (χ4v) is 2.70. The maximum absolute atomic E-state index is 14.0. The van der Waals surface area contributed by atoms with Crippen LogP contribution in [0.2, 0.25) is 0 Å². The number of benzene rings is 1. The van der Waals surface area contributed by atoms with Crippen molar-refractivity contribution in [1.82, 2.24) is 14.9 Å². The van der Waals surface area contributed by atoms with Crippen molar-refractivity contribution >= 4 is 10.0 Å². The first-order valence-corrected chi connectivity index (χ1v) is 7.29. The lowest BCUT2D eigenvalue weighted by Crippen LogP contribution is -2.25. The van der Waals surface area contributed by atoms with E-state index >= 15 is 0 Å². The van der Waals surface area contributed by atoms with Crippen molar-refractivity contribution in [3.05, 3.63) is 41.0 Å². The van der Waals surface area contributed by atoms with E-state index in [0.29, 0.717) is 0 Å². The molecular formula is C11H12F2N4O3S. The Morgan fingerprint density at radius 3 is 2.67 bits per heavy atom. The number of halogens is 2. The maximum Gasteiger partial charge on any atom is 0.243 e. The molecule has 0 radical (unpaired) electrons. The minimum atomic E-state index is -4.20. The van der Waals surface area contributed by atoms with Crippen molar-refractivity contribution < 1.29 is 21.7 Å². The van der Waals surface area contributed by atoms with Gasteiger partial charge < -0.3 is 10.3 Å². The van der Waals surface area contributed by atoms with Crippen molar-refractivity contribution in [2.45, 2.75) is 24.9 Å². The standard InChI is InChI=1S/C11H12F2N4O3S/c1-6-16-10(17-20-6)5-15-21(18,19)9-3-2-8(12)7(4-14)11(9)13/h2-3,15H,4-5,14H2,1H3. The van der Waals surface area contributed by atoms with E-state index in [1.165, 1.54) is 6.92 Å². The fourth-order valence-electron chi connectivity index (χ4n) is 1.62. The summed E-state index contributed by atoms with van der Waals surface area (Å²) >= 11 is 0. The molecule has 0 aliphatic heterocycles. The van der Waals surface area contributed by atoms with Crippen molar-refractivity contribution in [2.24, 2.45) is 5.73 Å². The molecule has 1 heterocycles. The monoisotopic (exact) mass is 318 g/mol. The molecule has 2 aromatic rings. The Morgan fingerprint density at radius 1 is 1.38 bits per heavy atom. The molecule has 0 atom stereocenters. The first-order chi connectivity index (χ1) is 9.85. The Hall–Kier alpha value is -1.91. The minimum absolute atomic E-state index is 0.0950. The lowest BCUT2D eigenvalue weighted by atomic mass is 10.2. The van der Waals surface area contributed by atoms with E-state index in [2.05, 4.69) is 19.4 Å². The normalized spacial score (nSPS) is 11.8. The van der Waals surface area contributed by atoms with E-state index in [9.17, 15) is 17.2 Å². The lowest BCUT2D eigenvalue weighted by molar-refractivity contribution is 0.387. The number of aryl methyl sites for hydroxylation is 1. The van der Waals surface area contributed by atoms with Crippen molar-refractivity contribution in [2.75, 3.05) is 0 Å². The van der Waals surface area contributed by atoms with Crippen molar-refractivity contribution in [1.29, 1.82) is 0 Å². The van der Waals surface area contributed by atoms with Gasteiger partial charge in [-0.2, -0.15) is 4.98 Å². The summed E-state index contributed by atoms with van der Waals surface area (Å²) in [6.07, 6.45) is 0. The van der Waals surface area contributed by atoms with Crippen LogP contribution in [-0.2, 0) is 23.1 Å². The minimum Gasteiger partial charge on any atom is -0.340 e. The van der Waals surface area contributed by atoms with Gasteiger partial charge in [0.2, 0.25) is 15.9 Å². The van der Waals surface area contributed by atoms with Crippen molar-refractivity contribution in [3.63, 3.8) is 0 Å². The summed E-state index contributed by atoms with van der Waals surface area (Å²) in [7, 11) is -4.20. The molecule has 0 amide bonds.